The van der Waals surface area contributed by atoms with Crippen molar-refractivity contribution in [1.82, 2.24) is 4.90 Å². The highest BCUT2D eigenvalue weighted by molar-refractivity contribution is 7.18. The van der Waals surface area contributed by atoms with Crippen molar-refractivity contribution < 1.29 is 14.7 Å². The number of carbonyl (C=O) groups is 2. The van der Waals surface area contributed by atoms with E-state index in [4.69, 9.17) is 11.6 Å². The molecule has 1 N–H and O–H groups in total. The highest BCUT2D eigenvalue weighted by Gasteiger charge is 2.24. The number of hydrogen-bond acceptors (Lipinski definition) is 4. The molecule has 2 rings (SSSR count). The van der Waals surface area contributed by atoms with Crippen molar-refractivity contribution in [3.05, 3.63) is 21.3 Å². The third kappa shape index (κ3) is 3.31. The van der Waals surface area contributed by atoms with Crippen molar-refractivity contribution in [2.24, 2.45) is 0 Å². The van der Waals surface area contributed by atoms with E-state index in [9.17, 15) is 14.7 Å². The first-order valence-corrected chi connectivity index (χ1v) is 7.00. The Balaban J connectivity index is 1.81. The van der Waals surface area contributed by atoms with Crippen molar-refractivity contribution in [1.29, 1.82) is 0 Å². The second-order valence-electron chi connectivity index (χ2n) is 4.31. The molecule has 1 saturated heterocycles. The number of thiophene rings is 1. The monoisotopic (exact) mass is 287 g/mol. The largest absolute Gasteiger partial charge is 0.391 e. The Kier molecular flexibility index (Phi) is 4.37. The van der Waals surface area contributed by atoms with Crippen LogP contribution in [-0.4, -0.2) is 40.9 Å². The Morgan fingerprint density at radius 1 is 1.44 bits per heavy atom. The molecule has 1 aliphatic heterocycles. The van der Waals surface area contributed by atoms with E-state index in [0.29, 0.717) is 28.7 Å². The molecule has 0 aromatic carbocycles. The van der Waals surface area contributed by atoms with Crippen LogP contribution in [0.1, 0.15) is 28.9 Å². The maximum absolute atomic E-state index is 11.8. The van der Waals surface area contributed by atoms with Gasteiger partial charge in [0, 0.05) is 25.9 Å². The molecule has 4 nitrogen and oxygen atoms in total. The molecule has 1 amide bonds. The van der Waals surface area contributed by atoms with Gasteiger partial charge in [-0.05, 0) is 18.6 Å². The molecule has 0 radical (unpaired) electrons. The SMILES string of the molecule is O=C(CCC(=O)N1CC[C@@H](O)C1)c1ccc(Cl)s1. The highest BCUT2D eigenvalue weighted by Crippen LogP contribution is 2.23. The van der Waals surface area contributed by atoms with Gasteiger partial charge in [-0.2, -0.15) is 0 Å². The van der Waals surface area contributed by atoms with E-state index in [2.05, 4.69) is 0 Å². The zero-order valence-corrected chi connectivity index (χ0v) is 11.3. The van der Waals surface area contributed by atoms with Crippen LogP contribution in [0.25, 0.3) is 0 Å². The van der Waals surface area contributed by atoms with E-state index < -0.39 is 6.10 Å². The number of rotatable bonds is 4. The summed E-state index contributed by atoms with van der Waals surface area (Å²) < 4.78 is 0.576. The smallest absolute Gasteiger partial charge is 0.223 e. The summed E-state index contributed by atoms with van der Waals surface area (Å²) in [5.74, 6) is -0.123. The maximum atomic E-state index is 11.8. The van der Waals surface area contributed by atoms with Crippen molar-refractivity contribution in [2.45, 2.75) is 25.4 Å². The summed E-state index contributed by atoms with van der Waals surface area (Å²) in [5.41, 5.74) is 0. The Bertz CT molecular complexity index is 460. The molecule has 18 heavy (non-hydrogen) atoms. The van der Waals surface area contributed by atoms with Gasteiger partial charge < -0.3 is 10.0 Å². The van der Waals surface area contributed by atoms with Crippen LogP contribution in [0, 0.1) is 0 Å². The lowest BCUT2D eigenvalue weighted by Gasteiger charge is -2.14. The summed E-state index contributed by atoms with van der Waals surface area (Å²) in [4.78, 5) is 25.7. The van der Waals surface area contributed by atoms with E-state index in [1.807, 2.05) is 0 Å². The summed E-state index contributed by atoms with van der Waals surface area (Å²) in [6, 6.07) is 3.36. The zero-order chi connectivity index (χ0) is 13.1. The third-order valence-electron chi connectivity index (χ3n) is 2.93. The van der Waals surface area contributed by atoms with Gasteiger partial charge in [0.05, 0.1) is 15.3 Å². The van der Waals surface area contributed by atoms with Gasteiger partial charge in [0.2, 0.25) is 5.91 Å². The van der Waals surface area contributed by atoms with Gasteiger partial charge in [-0.25, -0.2) is 0 Å². The average molecular weight is 288 g/mol. The lowest BCUT2D eigenvalue weighted by molar-refractivity contribution is -0.130. The molecule has 0 aliphatic carbocycles. The predicted octanol–water partition coefficient (Wildman–Crippen LogP) is 1.96. The summed E-state index contributed by atoms with van der Waals surface area (Å²) in [7, 11) is 0. The number of carbonyl (C=O) groups excluding carboxylic acids is 2. The van der Waals surface area contributed by atoms with Crippen LogP contribution in [0.15, 0.2) is 12.1 Å². The number of hydrogen-bond donors (Lipinski definition) is 1. The molecule has 0 unspecified atom stereocenters. The fourth-order valence-electron chi connectivity index (χ4n) is 1.93. The predicted molar refractivity (Wildman–Crippen MR) is 70.1 cm³/mol. The molecule has 6 heteroatoms. The maximum Gasteiger partial charge on any atom is 0.223 e. The molecule has 0 spiro atoms. The number of ketones is 1. The van der Waals surface area contributed by atoms with E-state index >= 15 is 0 Å². The summed E-state index contributed by atoms with van der Waals surface area (Å²) in [6.07, 6.45) is 0.601. The second-order valence-corrected chi connectivity index (χ2v) is 6.02. The molecule has 1 aromatic heterocycles. The number of Topliss-reactive ketones (excluding diaryl/α,β-unsaturated/α-hetero) is 1. The van der Waals surface area contributed by atoms with Gasteiger partial charge in [-0.15, -0.1) is 11.3 Å². The highest BCUT2D eigenvalue weighted by atomic mass is 35.5. The number of β-amino-alcohol motifs (C(OH)–C–C–N with tert-alkyl or cyclic N) is 1. The first kappa shape index (κ1) is 13.5. The molecule has 98 valence electrons. The van der Waals surface area contributed by atoms with Gasteiger partial charge in [-0.3, -0.25) is 9.59 Å². The van der Waals surface area contributed by atoms with E-state index in [1.165, 1.54) is 11.3 Å². The lowest BCUT2D eigenvalue weighted by Crippen LogP contribution is -2.29. The van der Waals surface area contributed by atoms with E-state index in [-0.39, 0.29) is 24.5 Å². The summed E-state index contributed by atoms with van der Waals surface area (Å²) >= 11 is 6.98. The zero-order valence-electron chi connectivity index (χ0n) is 9.76. The minimum absolute atomic E-state index is 0.0556. The van der Waals surface area contributed by atoms with Gasteiger partial charge >= 0.3 is 0 Å². The molecular formula is C12H14ClNO3S. The molecule has 1 atom stereocenters. The standard InChI is InChI=1S/C12H14ClNO3S/c13-11-3-2-10(18-11)9(16)1-4-12(17)14-6-5-8(15)7-14/h2-3,8,15H,1,4-7H2/t8-/m1/s1. The number of amides is 1. The number of aliphatic hydroxyl groups is 1. The number of nitrogens with zero attached hydrogens (tertiary/aromatic N) is 1. The first-order valence-electron chi connectivity index (χ1n) is 5.80. The summed E-state index contributed by atoms with van der Waals surface area (Å²) in [5, 5.41) is 9.33. The molecule has 0 bridgehead atoms. The van der Waals surface area contributed by atoms with Crippen LogP contribution in [0.3, 0.4) is 0 Å². The summed E-state index contributed by atoms with van der Waals surface area (Å²) in [6.45, 7) is 0.969. The van der Waals surface area contributed by atoms with Gasteiger partial charge in [-0.1, -0.05) is 11.6 Å². The lowest BCUT2D eigenvalue weighted by atomic mass is 10.2. The minimum atomic E-state index is -0.416. The first-order chi connectivity index (χ1) is 8.56. The Morgan fingerprint density at radius 2 is 2.22 bits per heavy atom. The molecule has 1 aromatic rings. The van der Waals surface area contributed by atoms with E-state index in [0.717, 1.165) is 0 Å². The molecule has 1 fully saturated rings. The second kappa shape index (κ2) is 5.82. The number of likely N-dealkylation sites (tertiary alicyclic amines) is 1. The fraction of sp³-hybridized carbons (Fsp3) is 0.500. The van der Waals surface area contributed by atoms with Crippen LogP contribution in [-0.2, 0) is 4.79 Å². The average Bonchev–Trinajstić information content (AvgIpc) is 2.94. The van der Waals surface area contributed by atoms with Crippen LogP contribution in [0.2, 0.25) is 4.34 Å². The van der Waals surface area contributed by atoms with Crippen LogP contribution < -0.4 is 0 Å². The quantitative estimate of drug-likeness (QED) is 0.861. The van der Waals surface area contributed by atoms with Gasteiger partial charge in [0.25, 0.3) is 0 Å². The molecule has 2 heterocycles. The van der Waals surface area contributed by atoms with Gasteiger partial charge in [0.1, 0.15) is 0 Å². The number of halogens is 1. The van der Waals surface area contributed by atoms with Crippen LogP contribution >= 0.6 is 22.9 Å². The van der Waals surface area contributed by atoms with Gasteiger partial charge in [0.15, 0.2) is 5.78 Å². The van der Waals surface area contributed by atoms with Crippen molar-refractivity contribution in [3.8, 4) is 0 Å². The van der Waals surface area contributed by atoms with Crippen molar-refractivity contribution >= 4 is 34.6 Å². The van der Waals surface area contributed by atoms with Crippen molar-refractivity contribution in [2.75, 3.05) is 13.1 Å². The Labute approximate surface area is 114 Å². The van der Waals surface area contributed by atoms with E-state index in [1.54, 1.807) is 17.0 Å². The Morgan fingerprint density at radius 3 is 2.78 bits per heavy atom. The molecular weight excluding hydrogens is 274 g/mol. The molecule has 0 saturated carbocycles. The molecule has 1 aliphatic rings. The van der Waals surface area contributed by atoms with Crippen molar-refractivity contribution in [3.63, 3.8) is 0 Å². The van der Waals surface area contributed by atoms with Crippen LogP contribution in [0.5, 0.6) is 0 Å². The fourth-order valence-corrected chi connectivity index (χ4v) is 2.94. The number of aliphatic hydroxyl groups excluding tert-OH is 1. The normalized spacial score (nSPS) is 19.2. The topological polar surface area (TPSA) is 57.6 Å². The minimum Gasteiger partial charge on any atom is -0.391 e. The third-order valence-corrected chi connectivity index (χ3v) is 4.20. The Hall–Kier alpha value is -0.910. The van der Waals surface area contributed by atoms with Crippen LogP contribution in [0.4, 0.5) is 0 Å².